The number of hydrogen-bond acceptors (Lipinski definition) is 1. The SMILES string of the molecule is CC(CC1CCNCC1)c1ccc(C(F)(F)F)cc1. The summed E-state index contributed by atoms with van der Waals surface area (Å²) in [4.78, 5) is 0. The van der Waals surface area contributed by atoms with Crippen molar-refractivity contribution in [3.63, 3.8) is 0 Å². The minimum atomic E-state index is -4.24. The Kier molecular flexibility index (Phi) is 4.50. The van der Waals surface area contributed by atoms with Crippen LogP contribution in [0.15, 0.2) is 24.3 Å². The third-order valence-corrected chi connectivity index (χ3v) is 3.95. The number of rotatable bonds is 3. The molecular weight excluding hydrogens is 251 g/mol. The first-order valence-corrected chi connectivity index (χ1v) is 6.84. The van der Waals surface area contributed by atoms with Crippen molar-refractivity contribution >= 4 is 0 Å². The highest BCUT2D eigenvalue weighted by atomic mass is 19.4. The topological polar surface area (TPSA) is 12.0 Å². The monoisotopic (exact) mass is 271 g/mol. The molecule has 0 radical (unpaired) electrons. The lowest BCUT2D eigenvalue weighted by Crippen LogP contribution is -2.28. The fraction of sp³-hybridized carbons (Fsp3) is 0.600. The van der Waals surface area contributed by atoms with Gasteiger partial charge in [0.05, 0.1) is 5.56 Å². The van der Waals surface area contributed by atoms with E-state index >= 15 is 0 Å². The van der Waals surface area contributed by atoms with Gasteiger partial charge in [-0.1, -0.05) is 19.1 Å². The molecule has 1 saturated heterocycles. The molecule has 4 heteroatoms. The zero-order chi connectivity index (χ0) is 13.9. The van der Waals surface area contributed by atoms with Crippen molar-refractivity contribution in [3.8, 4) is 0 Å². The second kappa shape index (κ2) is 5.95. The molecule has 0 aliphatic carbocycles. The van der Waals surface area contributed by atoms with Gasteiger partial charge in [0.2, 0.25) is 0 Å². The van der Waals surface area contributed by atoms with E-state index in [1.165, 1.54) is 25.0 Å². The highest BCUT2D eigenvalue weighted by Crippen LogP contribution is 2.32. The maximum Gasteiger partial charge on any atom is 0.416 e. The molecule has 1 heterocycles. The minimum absolute atomic E-state index is 0.324. The summed E-state index contributed by atoms with van der Waals surface area (Å²) >= 11 is 0. The van der Waals surface area contributed by atoms with Crippen LogP contribution < -0.4 is 5.32 Å². The summed E-state index contributed by atoms with van der Waals surface area (Å²) in [6.45, 7) is 4.22. The van der Waals surface area contributed by atoms with E-state index < -0.39 is 11.7 Å². The normalized spacial score (nSPS) is 19.4. The highest BCUT2D eigenvalue weighted by Gasteiger charge is 2.30. The lowest BCUT2D eigenvalue weighted by molar-refractivity contribution is -0.137. The molecule has 1 unspecified atom stereocenters. The van der Waals surface area contributed by atoms with Crippen LogP contribution in [-0.4, -0.2) is 13.1 Å². The van der Waals surface area contributed by atoms with Gasteiger partial charge >= 0.3 is 6.18 Å². The van der Waals surface area contributed by atoms with Gasteiger partial charge < -0.3 is 5.32 Å². The van der Waals surface area contributed by atoms with Crippen molar-refractivity contribution in [2.45, 2.75) is 38.3 Å². The Labute approximate surface area is 112 Å². The summed E-state index contributed by atoms with van der Waals surface area (Å²) in [6.07, 6.45) is -0.834. The summed E-state index contributed by atoms with van der Waals surface area (Å²) in [7, 11) is 0. The van der Waals surface area contributed by atoms with Gasteiger partial charge in [-0.3, -0.25) is 0 Å². The predicted octanol–water partition coefficient (Wildman–Crippen LogP) is 4.20. The van der Waals surface area contributed by atoms with Crippen molar-refractivity contribution in [1.29, 1.82) is 0 Å². The summed E-state index contributed by atoms with van der Waals surface area (Å²) in [6, 6.07) is 5.62. The van der Waals surface area contributed by atoms with Crippen molar-refractivity contribution < 1.29 is 13.2 Å². The van der Waals surface area contributed by atoms with Gasteiger partial charge in [0.15, 0.2) is 0 Å². The Balaban J connectivity index is 1.97. The largest absolute Gasteiger partial charge is 0.416 e. The van der Waals surface area contributed by atoms with E-state index in [0.29, 0.717) is 11.8 Å². The van der Waals surface area contributed by atoms with E-state index in [1.54, 1.807) is 12.1 Å². The number of alkyl halides is 3. The molecule has 1 N–H and O–H groups in total. The number of piperidine rings is 1. The van der Waals surface area contributed by atoms with E-state index in [4.69, 9.17) is 0 Å². The summed E-state index contributed by atoms with van der Waals surface area (Å²) in [5, 5.41) is 3.33. The zero-order valence-corrected chi connectivity index (χ0v) is 11.1. The minimum Gasteiger partial charge on any atom is -0.317 e. The van der Waals surface area contributed by atoms with Crippen LogP contribution in [0.5, 0.6) is 0 Å². The number of halogens is 3. The van der Waals surface area contributed by atoms with Crippen molar-refractivity contribution in [2.75, 3.05) is 13.1 Å². The smallest absolute Gasteiger partial charge is 0.317 e. The molecule has 1 atom stereocenters. The molecule has 106 valence electrons. The van der Waals surface area contributed by atoms with Crippen LogP contribution in [-0.2, 0) is 6.18 Å². The maximum absolute atomic E-state index is 12.5. The third-order valence-electron chi connectivity index (χ3n) is 3.95. The number of nitrogens with one attached hydrogen (secondary N) is 1. The third kappa shape index (κ3) is 3.96. The molecule has 2 rings (SSSR count). The van der Waals surface area contributed by atoms with E-state index in [9.17, 15) is 13.2 Å². The molecule has 1 fully saturated rings. The second-order valence-corrected chi connectivity index (χ2v) is 5.45. The van der Waals surface area contributed by atoms with Crippen LogP contribution in [0.25, 0.3) is 0 Å². The highest BCUT2D eigenvalue weighted by molar-refractivity contribution is 5.26. The van der Waals surface area contributed by atoms with Crippen LogP contribution in [0, 0.1) is 5.92 Å². The van der Waals surface area contributed by atoms with Crippen molar-refractivity contribution in [3.05, 3.63) is 35.4 Å². The molecular formula is C15H20F3N. The molecule has 0 bridgehead atoms. The summed E-state index contributed by atoms with van der Waals surface area (Å²) in [5.41, 5.74) is 0.442. The van der Waals surface area contributed by atoms with Gasteiger partial charge in [0.25, 0.3) is 0 Å². The van der Waals surface area contributed by atoms with Crippen molar-refractivity contribution in [1.82, 2.24) is 5.32 Å². The quantitative estimate of drug-likeness (QED) is 0.868. The van der Waals surface area contributed by atoms with Gasteiger partial charge in [0.1, 0.15) is 0 Å². The second-order valence-electron chi connectivity index (χ2n) is 5.45. The maximum atomic E-state index is 12.5. The Hall–Kier alpha value is -1.03. The molecule has 1 aromatic carbocycles. The molecule has 1 nitrogen and oxygen atoms in total. The number of benzene rings is 1. The predicted molar refractivity (Wildman–Crippen MR) is 70.1 cm³/mol. The molecule has 0 aromatic heterocycles. The molecule has 0 saturated carbocycles. The van der Waals surface area contributed by atoms with Gasteiger partial charge in [-0.2, -0.15) is 13.2 Å². The van der Waals surface area contributed by atoms with Crippen LogP contribution in [0.4, 0.5) is 13.2 Å². The Bertz CT molecular complexity index is 391. The Morgan fingerprint density at radius 1 is 1.16 bits per heavy atom. The lowest BCUT2D eigenvalue weighted by atomic mass is 9.85. The first kappa shape index (κ1) is 14.4. The molecule has 19 heavy (non-hydrogen) atoms. The van der Waals surface area contributed by atoms with Gasteiger partial charge in [-0.05, 0) is 61.9 Å². The molecule has 0 spiro atoms. The van der Waals surface area contributed by atoms with Crippen LogP contribution >= 0.6 is 0 Å². The first-order valence-electron chi connectivity index (χ1n) is 6.84. The Morgan fingerprint density at radius 3 is 2.26 bits per heavy atom. The number of hydrogen-bond donors (Lipinski definition) is 1. The summed E-state index contributed by atoms with van der Waals surface area (Å²) < 4.78 is 37.5. The van der Waals surface area contributed by atoms with E-state index in [0.717, 1.165) is 25.1 Å². The Morgan fingerprint density at radius 2 is 1.74 bits per heavy atom. The first-order chi connectivity index (χ1) is 8.97. The van der Waals surface area contributed by atoms with Crippen LogP contribution in [0.3, 0.4) is 0 Å². The lowest BCUT2D eigenvalue weighted by Gasteiger charge is -2.25. The van der Waals surface area contributed by atoms with Crippen molar-refractivity contribution in [2.24, 2.45) is 5.92 Å². The van der Waals surface area contributed by atoms with E-state index in [-0.39, 0.29) is 0 Å². The van der Waals surface area contributed by atoms with Crippen LogP contribution in [0.1, 0.15) is 43.2 Å². The average Bonchev–Trinajstić information content (AvgIpc) is 2.39. The molecule has 0 amide bonds. The molecule has 1 aliphatic rings. The molecule has 1 aliphatic heterocycles. The van der Waals surface area contributed by atoms with E-state index in [2.05, 4.69) is 12.2 Å². The van der Waals surface area contributed by atoms with Crippen LogP contribution in [0.2, 0.25) is 0 Å². The van der Waals surface area contributed by atoms with Gasteiger partial charge in [-0.25, -0.2) is 0 Å². The van der Waals surface area contributed by atoms with Gasteiger partial charge in [0, 0.05) is 0 Å². The molecule has 1 aromatic rings. The fourth-order valence-electron chi connectivity index (χ4n) is 2.75. The fourth-order valence-corrected chi connectivity index (χ4v) is 2.75. The van der Waals surface area contributed by atoms with E-state index in [1.807, 2.05) is 0 Å². The standard InChI is InChI=1S/C15H20F3N/c1-11(10-12-6-8-19-9-7-12)13-2-4-14(5-3-13)15(16,17)18/h2-5,11-12,19H,6-10H2,1H3. The zero-order valence-electron chi connectivity index (χ0n) is 11.1. The summed E-state index contributed by atoms with van der Waals surface area (Å²) in [5.74, 6) is 1.02. The average molecular weight is 271 g/mol. The van der Waals surface area contributed by atoms with Gasteiger partial charge in [-0.15, -0.1) is 0 Å².